The van der Waals surface area contributed by atoms with Crippen LogP contribution in [-0.4, -0.2) is 42.7 Å². The number of likely N-dealkylation sites (N-methyl/N-ethyl adjacent to an activating group) is 1. The molecule has 7 nitrogen and oxygen atoms in total. The van der Waals surface area contributed by atoms with Crippen LogP contribution in [0.3, 0.4) is 0 Å². The summed E-state index contributed by atoms with van der Waals surface area (Å²) in [5.41, 5.74) is -1.23. The van der Waals surface area contributed by atoms with E-state index in [1.807, 2.05) is 0 Å². The lowest BCUT2D eigenvalue weighted by atomic mass is 9.92. The van der Waals surface area contributed by atoms with Crippen molar-refractivity contribution < 1.29 is 32.3 Å². The van der Waals surface area contributed by atoms with Gasteiger partial charge in [0.15, 0.2) is 0 Å². The highest BCUT2D eigenvalue weighted by Gasteiger charge is 2.49. The summed E-state index contributed by atoms with van der Waals surface area (Å²) in [6.07, 6.45) is -4.83. The van der Waals surface area contributed by atoms with Crippen molar-refractivity contribution in [3.8, 4) is 5.75 Å². The van der Waals surface area contributed by atoms with E-state index in [0.29, 0.717) is 0 Å². The quantitative estimate of drug-likeness (QED) is 0.800. The van der Waals surface area contributed by atoms with Crippen LogP contribution < -0.4 is 15.4 Å². The monoisotopic (exact) mass is 345 g/mol. The largest absolute Gasteiger partial charge is 0.573 e. The zero-order chi connectivity index (χ0) is 18.1. The van der Waals surface area contributed by atoms with E-state index in [-0.39, 0.29) is 5.56 Å². The maximum atomic E-state index is 12.5. The zero-order valence-electron chi connectivity index (χ0n) is 12.7. The van der Waals surface area contributed by atoms with Gasteiger partial charge in [0, 0.05) is 7.05 Å². The molecule has 0 radical (unpaired) electrons. The first kappa shape index (κ1) is 17.6. The summed E-state index contributed by atoms with van der Waals surface area (Å²) in [7, 11) is 1.36. The Morgan fingerprint density at radius 3 is 2.38 bits per heavy atom. The van der Waals surface area contributed by atoms with Gasteiger partial charge >= 0.3 is 12.4 Å². The number of imide groups is 1. The standard InChI is InChI=1S/C14H14F3N3O4/c1-13(8-3-5-9(6-4-8)24-14(15,16)17)11(22)20(12(23)19-13)7-10(21)18-2/h3-6H,7H2,1-2H3,(H,18,21)(H,19,23)/t13-/m1/s1. The number of halogens is 3. The Morgan fingerprint density at radius 2 is 1.88 bits per heavy atom. The number of alkyl halides is 3. The normalized spacial score (nSPS) is 20.8. The molecule has 0 bridgehead atoms. The van der Waals surface area contributed by atoms with Gasteiger partial charge in [0.1, 0.15) is 17.8 Å². The number of hydrogen-bond donors (Lipinski definition) is 2. The lowest BCUT2D eigenvalue weighted by molar-refractivity contribution is -0.274. The second-order valence-corrected chi connectivity index (χ2v) is 5.19. The molecule has 1 aliphatic rings. The molecule has 1 fully saturated rings. The van der Waals surface area contributed by atoms with Crippen molar-refractivity contribution in [1.82, 2.24) is 15.5 Å². The van der Waals surface area contributed by atoms with Gasteiger partial charge in [-0.2, -0.15) is 0 Å². The summed E-state index contributed by atoms with van der Waals surface area (Å²) in [5.74, 6) is -1.66. The van der Waals surface area contributed by atoms with Gasteiger partial charge in [-0.25, -0.2) is 4.79 Å². The average molecular weight is 345 g/mol. The molecule has 130 valence electrons. The molecule has 0 aliphatic carbocycles. The first-order chi connectivity index (χ1) is 11.1. The van der Waals surface area contributed by atoms with Crippen molar-refractivity contribution in [2.45, 2.75) is 18.8 Å². The maximum absolute atomic E-state index is 12.5. The Hall–Kier alpha value is -2.78. The van der Waals surface area contributed by atoms with E-state index >= 15 is 0 Å². The minimum Gasteiger partial charge on any atom is -0.406 e. The Balaban J connectivity index is 2.23. The van der Waals surface area contributed by atoms with Crippen LogP contribution in [0.15, 0.2) is 24.3 Å². The number of nitrogens with one attached hydrogen (secondary N) is 2. The molecule has 0 spiro atoms. The van der Waals surface area contributed by atoms with Crippen LogP contribution in [0.5, 0.6) is 5.75 Å². The van der Waals surface area contributed by atoms with Crippen LogP contribution in [0.4, 0.5) is 18.0 Å². The highest BCUT2D eigenvalue weighted by Crippen LogP contribution is 2.31. The van der Waals surface area contributed by atoms with E-state index in [1.165, 1.54) is 26.1 Å². The fraction of sp³-hybridized carbons (Fsp3) is 0.357. The molecule has 2 rings (SSSR count). The van der Waals surface area contributed by atoms with Crippen LogP contribution >= 0.6 is 0 Å². The van der Waals surface area contributed by atoms with Gasteiger partial charge in [-0.15, -0.1) is 13.2 Å². The molecule has 1 aromatic carbocycles. The molecule has 1 aromatic rings. The van der Waals surface area contributed by atoms with Crippen LogP contribution in [0.1, 0.15) is 12.5 Å². The number of carbonyl (C=O) groups excluding carboxylic acids is 3. The summed E-state index contributed by atoms with van der Waals surface area (Å²) in [5, 5.41) is 4.73. The first-order valence-electron chi connectivity index (χ1n) is 6.78. The third-order valence-corrected chi connectivity index (χ3v) is 3.52. The summed E-state index contributed by atoms with van der Waals surface area (Å²) in [6.45, 7) is 0.947. The number of ether oxygens (including phenoxy) is 1. The molecule has 24 heavy (non-hydrogen) atoms. The number of nitrogens with zero attached hydrogens (tertiary/aromatic N) is 1. The number of urea groups is 1. The number of rotatable bonds is 4. The molecule has 0 saturated carbocycles. The molecule has 2 N–H and O–H groups in total. The summed E-state index contributed by atoms with van der Waals surface area (Å²) >= 11 is 0. The first-order valence-corrected chi connectivity index (χ1v) is 6.78. The molecule has 1 saturated heterocycles. The van der Waals surface area contributed by atoms with E-state index in [1.54, 1.807) is 0 Å². The highest BCUT2D eigenvalue weighted by atomic mass is 19.4. The summed E-state index contributed by atoms with van der Waals surface area (Å²) in [6, 6.07) is 3.79. The topological polar surface area (TPSA) is 87.7 Å². The average Bonchev–Trinajstić information content (AvgIpc) is 2.70. The maximum Gasteiger partial charge on any atom is 0.573 e. The molecule has 1 heterocycles. The Labute approximate surface area is 134 Å². The molecule has 1 aliphatic heterocycles. The van der Waals surface area contributed by atoms with E-state index in [0.717, 1.165) is 17.0 Å². The third kappa shape index (κ3) is 3.42. The van der Waals surface area contributed by atoms with Crippen LogP contribution in [0.25, 0.3) is 0 Å². The fourth-order valence-electron chi connectivity index (χ4n) is 2.25. The van der Waals surface area contributed by atoms with Gasteiger partial charge in [0.25, 0.3) is 5.91 Å². The second kappa shape index (κ2) is 6.02. The van der Waals surface area contributed by atoms with Crippen molar-refractivity contribution in [2.75, 3.05) is 13.6 Å². The Kier molecular flexibility index (Phi) is 4.41. The Morgan fingerprint density at radius 1 is 1.29 bits per heavy atom. The molecule has 10 heteroatoms. The van der Waals surface area contributed by atoms with Crippen molar-refractivity contribution in [3.05, 3.63) is 29.8 Å². The predicted molar refractivity (Wildman–Crippen MR) is 74.8 cm³/mol. The molecule has 1 atom stereocenters. The van der Waals surface area contributed by atoms with E-state index < -0.39 is 42.0 Å². The minimum absolute atomic E-state index is 0.259. The van der Waals surface area contributed by atoms with Crippen LogP contribution in [0, 0.1) is 0 Å². The van der Waals surface area contributed by atoms with Crippen molar-refractivity contribution in [1.29, 1.82) is 0 Å². The number of hydrogen-bond acceptors (Lipinski definition) is 4. The van der Waals surface area contributed by atoms with Gasteiger partial charge in [-0.3, -0.25) is 14.5 Å². The Bertz CT molecular complexity index is 675. The lowest BCUT2D eigenvalue weighted by Gasteiger charge is -2.22. The molecule has 0 aromatic heterocycles. The third-order valence-electron chi connectivity index (χ3n) is 3.52. The van der Waals surface area contributed by atoms with E-state index in [9.17, 15) is 27.6 Å². The summed E-state index contributed by atoms with van der Waals surface area (Å²) in [4.78, 5) is 36.5. The lowest BCUT2D eigenvalue weighted by Crippen LogP contribution is -2.42. The second-order valence-electron chi connectivity index (χ2n) is 5.19. The smallest absolute Gasteiger partial charge is 0.406 e. The SMILES string of the molecule is CNC(=O)CN1C(=O)N[C@](C)(c2ccc(OC(F)(F)F)cc2)C1=O. The highest BCUT2D eigenvalue weighted by molar-refractivity contribution is 6.09. The summed E-state index contributed by atoms with van der Waals surface area (Å²) < 4.78 is 40.2. The van der Waals surface area contributed by atoms with Crippen molar-refractivity contribution in [2.24, 2.45) is 0 Å². The molecule has 4 amide bonds. The van der Waals surface area contributed by atoms with Crippen molar-refractivity contribution in [3.63, 3.8) is 0 Å². The van der Waals surface area contributed by atoms with Gasteiger partial charge in [0.2, 0.25) is 5.91 Å². The minimum atomic E-state index is -4.83. The fourth-order valence-corrected chi connectivity index (χ4v) is 2.25. The van der Waals surface area contributed by atoms with Gasteiger partial charge in [-0.1, -0.05) is 12.1 Å². The van der Waals surface area contributed by atoms with E-state index in [4.69, 9.17) is 0 Å². The number of carbonyl (C=O) groups is 3. The number of amides is 4. The number of benzene rings is 1. The van der Waals surface area contributed by atoms with Gasteiger partial charge < -0.3 is 15.4 Å². The van der Waals surface area contributed by atoms with Crippen LogP contribution in [0.2, 0.25) is 0 Å². The predicted octanol–water partition coefficient (Wildman–Crippen LogP) is 1.10. The zero-order valence-corrected chi connectivity index (χ0v) is 12.7. The van der Waals surface area contributed by atoms with Crippen molar-refractivity contribution >= 4 is 17.8 Å². The van der Waals surface area contributed by atoms with Gasteiger partial charge in [0.05, 0.1) is 0 Å². The molecule has 0 unspecified atom stereocenters. The molecular weight excluding hydrogens is 331 g/mol. The molecular formula is C14H14F3N3O4. The van der Waals surface area contributed by atoms with Crippen LogP contribution in [-0.2, 0) is 15.1 Å². The van der Waals surface area contributed by atoms with E-state index in [2.05, 4.69) is 15.4 Å². The van der Waals surface area contributed by atoms with Gasteiger partial charge in [-0.05, 0) is 24.6 Å².